The molecule has 0 spiro atoms. The Morgan fingerprint density at radius 3 is 2.38 bits per heavy atom. The molecule has 0 saturated carbocycles. The van der Waals surface area contributed by atoms with Crippen molar-refractivity contribution in [2.45, 2.75) is 12.5 Å². The number of hydrogen-bond donors (Lipinski definition) is 0. The van der Waals surface area contributed by atoms with Gasteiger partial charge in [0, 0.05) is 32.4 Å². The molecule has 2 amide bonds. The average molecular weight is 354 g/mol. The molecular weight excluding hydrogens is 335 g/mol. The second kappa shape index (κ2) is 6.84. The van der Waals surface area contributed by atoms with Gasteiger partial charge in [0.05, 0.1) is 18.2 Å². The summed E-state index contributed by atoms with van der Waals surface area (Å²) in [7, 11) is 0. The highest BCUT2D eigenvalue weighted by Crippen LogP contribution is 2.28. The largest absolute Gasteiger partial charge is 0.354 e. The van der Waals surface area contributed by atoms with Crippen molar-refractivity contribution >= 4 is 23.3 Å². The van der Waals surface area contributed by atoms with Gasteiger partial charge in [-0.3, -0.25) is 14.5 Å². The van der Waals surface area contributed by atoms with Crippen LogP contribution >= 0.6 is 0 Å². The monoisotopic (exact) mass is 354 g/mol. The van der Waals surface area contributed by atoms with E-state index in [1.807, 2.05) is 23.1 Å². The first kappa shape index (κ1) is 16.7. The topological polar surface area (TPSA) is 56.8 Å². The number of benzene rings is 1. The van der Waals surface area contributed by atoms with E-state index in [9.17, 15) is 14.0 Å². The third kappa shape index (κ3) is 2.94. The molecule has 0 bridgehead atoms. The Balaban J connectivity index is 1.46. The minimum Gasteiger partial charge on any atom is -0.354 e. The van der Waals surface area contributed by atoms with Crippen LogP contribution in [0.15, 0.2) is 48.7 Å². The number of anilines is 2. The van der Waals surface area contributed by atoms with E-state index in [0.29, 0.717) is 13.1 Å². The number of piperazine rings is 1. The molecule has 1 unspecified atom stereocenters. The van der Waals surface area contributed by atoms with E-state index in [0.717, 1.165) is 23.8 Å². The summed E-state index contributed by atoms with van der Waals surface area (Å²) in [5.41, 5.74) is 0.0390. The number of amides is 2. The number of carbonyl (C=O) groups is 2. The highest BCUT2D eigenvalue weighted by Gasteiger charge is 2.44. The lowest BCUT2D eigenvalue weighted by atomic mass is 10.1. The van der Waals surface area contributed by atoms with Gasteiger partial charge in [-0.2, -0.15) is 0 Å². The molecule has 2 aromatic rings. The van der Waals surface area contributed by atoms with E-state index in [4.69, 9.17) is 0 Å². The van der Waals surface area contributed by atoms with E-state index < -0.39 is 11.9 Å². The molecule has 0 radical (unpaired) electrons. The van der Waals surface area contributed by atoms with Crippen LogP contribution in [0.4, 0.5) is 15.9 Å². The predicted molar refractivity (Wildman–Crippen MR) is 95.3 cm³/mol. The van der Waals surface area contributed by atoms with Gasteiger partial charge >= 0.3 is 0 Å². The predicted octanol–water partition coefficient (Wildman–Crippen LogP) is 1.67. The van der Waals surface area contributed by atoms with Crippen molar-refractivity contribution in [3.05, 3.63) is 54.5 Å². The van der Waals surface area contributed by atoms with Crippen molar-refractivity contribution in [1.29, 1.82) is 0 Å². The smallest absolute Gasteiger partial charge is 0.251 e. The summed E-state index contributed by atoms with van der Waals surface area (Å²) in [5.74, 6) is -0.340. The van der Waals surface area contributed by atoms with E-state index in [1.165, 1.54) is 18.2 Å². The average Bonchev–Trinajstić information content (AvgIpc) is 2.97. The number of carbonyl (C=O) groups excluding carboxylic acids is 2. The van der Waals surface area contributed by atoms with Crippen LogP contribution in [0, 0.1) is 5.82 Å². The summed E-state index contributed by atoms with van der Waals surface area (Å²) >= 11 is 0. The van der Waals surface area contributed by atoms with Crippen molar-refractivity contribution in [1.82, 2.24) is 9.88 Å². The van der Waals surface area contributed by atoms with Gasteiger partial charge < -0.3 is 4.90 Å². The van der Waals surface area contributed by atoms with Crippen LogP contribution < -0.4 is 9.80 Å². The van der Waals surface area contributed by atoms with E-state index in [-0.39, 0.29) is 23.9 Å². The van der Waals surface area contributed by atoms with E-state index in [1.54, 1.807) is 12.3 Å². The van der Waals surface area contributed by atoms with Crippen LogP contribution in [0.2, 0.25) is 0 Å². The van der Waals surface area contributed by atoms with Gasteiger partial charge in [-0.25, -0.2) is 14.3 Å². The fourth-order valence-corrected chi connectivity index (χ4v) is 3.59. The summed E-state index contributed by atoms with van der Waals surface area (Å²) in [6, 6.07) is 11.1. The van der Waals surface area contributed by atoms with Gasteiger partial charge in [0.15, 0.2) is 0 Å². The molecule has 2 aliphatic heterocycles. The number of pyridine rings is 1. The summed E-state index contributed by atoms with van der Waals surface area (Å²) in [6.07, 6.45) is 1.85. The SMILES string of the molecule is O=C1CC(N2CCN(c3ccccn3)CC2)C(=O)N1c1ccccc1F. The Bertz CT molecular complexity index is 821. The van der Waals surface area contributed by atoms with Crippen molar-refractivity contribution < 1.29 is 14.0 Å². The lowest BCUT2D eigenvalue weighted by Crippen LogP contribution is -2.52. The summed E-state index contributed by atoms with van der Waals surface area (Å²) in [4.78, 5) is 34.7. The van der Waals surface area contributed by atoms with Crippen molar-refractivity contribution in [2.75, 3.05) is 36.0 Å². The first-order chi connectivity index (χ1) is 12.6. The minimum absolute atomic E-state index is 0.0390. The van der Waals surface area contributed by atoms with Crippen LogP contribution in [0.25, 0.3) is 0 Å². The van der Waals surface area contributed by atoms with Gasteiger partial charge in [-0.05, 0) is 24.3 Å². The molecule has 0 aliphatic carbocycles. The lowest BCUT2D eigenvalue weighted by Gasteiger charge is -2.37. The number of hydrogen-bond acceptors (Lipinski definition) is 5. The Morgan fingerprint density at radius 2 is 1.69 bits per heavy atom. The molecule has 1 aromatic heterocycles. The van der Waals surface area contributed by atoms with Gasteiger partial charge in [0.1, 0.15) is 11.6 Å². The minimum atomic E-state index is -0.560. The molecule has 0 N–H and O–H groups in total. The molecule has 7 heteroatoms. The van der Waals surface area contributed by atoms with Crippen LogP contribution in [-0.4, -0.2) is 53.9 Å². The second-order valence-electron chi connectivity index (χ2n) is 6.45. The first-order valence-corrected chi connectivity index (χ1v) is 8.66. The highest BCUT2D eigenvalue weighted by atomic mass is 19.1. The molecule has 2 saturated heterocycles. The molecular formula is C19H19FN4O2. The normalized spacial score (nSPS) is 21.5. The van der Waals surface area contributed by atoms with Crippen LogP contribution in [0.5, 0.6) is 0 Å². The molecule has 4 rings (SSSR count). The zero-order chi connectivity index (χ0) is 18.1. The zero-order valence-corrected chi connectivity index (χ0v) is 14.2. The molecule has 134 valence electrons. The fourth-order valence-electron chi connectivity index (χ4n) is 3.59. The summed E-state index contributed by atoms with van der Waals surface area (Å²) in [6.45, 7) is 2.78. The Kier molecular flexibility index (Phi) is 4.38. The van der Waals surface area contributed by atoms with Gasteiger partial charge in [-0.15, -0.1) is 0 Å². The maximum absolute atomic E-state index is 14.0. The zero-order valence-electron chi connectivity index (χ0n) is 14.2. The molecule has 3 heterocycles. The molecule has 26 heavy (non-hydrogen) atoms. The van der Waals surface area contributed by atoms with Crippen LogP contribution in [-0.2, 0) is 9.59 Å². The van der Waals surface area contributed by atoms with Gasteiger partial charge in [-0.1, -0.05) is 18.2 Å². The van der Waals surface area contributed by atoms with Gasteiger partial charge in [0.25, 0.3) is 5.91 Å². The standard InChI is InChI=1S/C19H19FN4O2/c20-14-5-1-2-6-15(14)24-18(25)13-16(19(24)26)22-9-11-23(12-10-22)17-7-3-4-8-21-17/h1-8,16H,9-13H2. The molecule has 6 nitrogen and oxygen atoms in total. The number of rotatable bonds is 3. The van der Waals surface area contributed by atoms with E-state index >= 15 is 0 Å². The second-order valence-corrected chi connectivity index (χ2v) is 6.45. The Labute approximate surface area is 150 Å². The third-order valence-corrected chi connectivity index (χ3v) is 4.94. The Hall–Kier alpha value is -2.80. The lowest BCUT2D eigenvalue weighted by molar-refractivity contribution is -0.123. The van der Waals surface area contributed by atoms with Crippen molar-refractivity contribution in [3.8, 4) is 0 Å². The number of imide groups is 1. The number of nitrogens with zero attached hydrogens (tertiary/aromatic N) is 4. The number of aromatic nitrogens is 1. The Morgan fingerprint density at radius 1 is 0.962 bits per heavy atom. The number of halogens is 1. The van der Waals surface area contributed by atoms with Crippen molar-refractivity contribution in [3.63, 3.8) is 0 Å². The quantitative estimate of drug-likeness (QED) is 0.785. The van der Waals surface area contributed by atoms with Crippen molar-refractivity contribution in [2.24, 2.45) is 0 Å². The molecule has 1 atom stereocenters. The summed E-state index contributed by atoms with van der Waals surface area (Å²) in [5, 5.41) is 0. The molecule has 2 aliphatic rings. The summed E-state index contributed by atoms with van der Waals surface area (Å²) < 4.78 is 14.0. The molecule has 2 fully saturated rings. The van der Waals surface area contributed by atoms with Crippen LogP contribution in [0.1, 0.15) is 6.42 Å². The number of para-hydroxylation sites is 1. The van der Waals surface area contributed by atoms with E-state index in [2.05, 4.69) is 9.88 Å². The fraction of sp³-hybridized carbons (Fsp3) is 0.316. The van der Waals surface area contributed by atoms with Crippen LogP contribution in [0.3, 0.4) is 0 Å². The highest BCUT2D eigenvalue weighted by molar-refractivity contribution is 6.22. The first-order valence-electron chi connectivity index (χ1n) is 8.66. The maximum atomic E-state index is 14.0. The van der Waals surface area contributed by atoms with Gasteiger partial charge in [0.2, 0.25) is 5.91 Å². The maximum Gasteiger partial charge on any atom is 0.251 e. The third-order valence-electron chi connectivity index (χ3n) is 4.94. The molecule has 1 aromatic carbocycles.